The molecular formula is C22H27N3O3. The maximum absolute atomic E-state index is 12.7. The van der Waals surface area contributed by atoms with Crippen molar-refractivity contribution in [3.05, 3.63) is 36.4 Å². The minimum Gasteiger partial charge on any atom is -0.372 e. The first-order chi connectivity index (χ1) is 13.6. The number of anilines is 2. The van der Waals surface area contributed by atoms with Crippen LogP contribution in [0.15, 0.2) is 36.4 Å². The smallest absolute Gasteiger partial charge is 0.247 e. The standard InChI is InChI=1S/C22H27N3O3/c1-15(25-21(27)18-7-3-4-8-19(18)22(25)28)20(26)23-16-9-11-17(12-10-16)24-13-5-2-6-14-24/h3-4,9-12,15,18-19H,2,5-8,13-14H2,1H3,(H,23,26). The van der Waals surface area contributed by atoms with Gasteiger partial charge < -0.3 is 10.2 Å². The third kappa shape index (κ3) is 3.43. The maximum atomic E-state index is 12.7. The number of nitrogens with zero attached hydrogens (tertiary/aromatic N) is 2. The summed E-state index contributed by atoms with van der Waals surface area (Å²) in [6.45, 7) is 3.76. The molecule has 0 aromatic heterocycles. The van der Waals surface area contributed by atoms with Gasteiger partial charge in [-0.2, -0.15) is 0 Å². The third-order valence-electron chi connectivity index (χ3n) is 6.16. The van der Waals surface area contributed by atoms with Crippen molar-refractivity contribution in [3.63, 3.8) is 0 Å². The molecule has 0 spiro atoms. The molecule has 0 saturated carbocycles. The fraction of sp³-hybridized carbons (Fsp3) is 0.500. The van der Waals surface area contributed by atoms with Crippen molar-refractivity contribution in [2.24, 2.45) is 11.8 Å². The molecule has 1 N–H and O–H groups in total. The summed E-state index contributed by atoms with van der Waals surface area (Å²) >= 11 is 0. The number of allylic oxidation sites excluding steroid dienone is 2. The van der Waals surface area contributed by atoms with Crippen LogP contribution in [0, 0.1) is 11.8 Å². The van der Waals surface area contributed by atoms with Crippen LogP contribution >= 0.6 is 0 Å². The molecule has 2 heterocycles. The van der Waals surface area contributed by atoms with Crippen molar-refractivity contribution >= 4 is 29.1 Å². The van der Waals surface area contributed by atoms with Crippen LogP contribution in [0.2, 0.25) is 0 Å². The van der Waals surface area contributed by atoms with Crippen LogP contribution in [0.4, 0.5) is 11.4 Å². The van der Waals surface area contributed by atoms with Crippen LogP contribution in [-0.2, 0) is 14.4 Å². The van der Waals surface area contributed by atoms with Crippen LogP contribution in [0.1, 0.15) is 39.0 Å². The molecule has 2 saturated heterocycles. The van der Waals surface area contributed by atoms with Gasteiger partial charge in [0.2, 0.25) is 17.7 Å². The monoisotopic (exact) mass is 381 g/mol. The molecule has 3 atom stereocenters. The molecule has 3 aliphatic rings. The highest BCUT2D eigenvalue weighted by atomic mass is 16.2. The van der Waals surface area contributed by atoms with Gasteiger partial charge in [-0.05, 0) is 63.3 Å². The minimum atomic E-state index is -0.813. The van der Waals surface area contributed by atoms with Gasteiger partial charge in [0.1, 0.15) is 6.04 Å². The van der Waals surface area contributed by atoms with Gasteiger partial charge in [0.05, 0.1) is 11.8 Å². The number of piperidine rings is 1. The quantitative estimate of drug-likeness (QED) is 0.643. The van der Waals surface area contributed by atoms with Crippen LogP contribution in [0.5, 0.6) is 0 Å². The SMILES string of the molecule is CC(C(=O)Nc1ccc(N2CCCCC2)cc1)N1C(=O)C2CC=CCC2C1=O. The van der Waals surface area contributed by atoms with Crippen LogP contribution in [0.3, 0.4) is 0 Å². The van der Waals surface area contributed by atoms with Gasteiger partial charge in [0, 0.05) is 24.5 Å². The lowest BCUT2D eigenvalue weighted by Gasteiger charge is -2.29. The van der Waals surface area contributed by atoms with Crippen molar-refractivity contribution in [3.8, 4) is 0 Å². The number of rotatable bonds is 4. The molecule has 2 aliphatic heterocycles. The minimum absolute atomic E-state index is 0.220. The van der Waals surface area contributed by atoms with Gasteiger partial charge in [-0.1, -0.05) is 12.2 Å². The molecule has 28 heavy (non-hydrogen) atoms. The van der Waals surface area contributed by atoms with Crippen molar-refractivity contribution in [2.45, 2.75) is 45.1 Å². The Balaban J connectivity index is 1.40. The third-order valence-corrected chi connectivity index (χ3v) is 6.16. The van der Waals surface area contributed by atoms with Gasteiger partial charge in [-0.15, -0.1) is 0 Å². The number of hydrogen-bond acceptors (Lipinski definition) is 4. The van der Waals surface area contributed by atoms with Gasteiger partial charge in [-0.3, -0.25) is 19.3 Å². The summed E-state index contributed by atoms with van der Waals surface area (Å²) in [4.78, 5) is 41.5. The summed E-state index contributed by atoms with van der Waals surface area (Å²) in [7, 11) is 0. The van der Waals surface area contributed by atoms with Gasteiger partial charge >= 0.3 is 0 Å². The van der Waals surface area contributed by atoms with E-state index in [0.717, 1.165) is 18.8 Å². The Kier molecular flexibility index (Phi) is 5.20. The average Bonchev–Trinajstić information content (AvgIpc) is 2.99. The van der Waals surface area contributed by atoms with Crippen molar-refractivity contribution in [1.29, 1.82) is 0 Å². The van der Waals surface area contributed by atoms with E-state index in [1.807, 2.05) is 36.4 Å². The molecule has 1 aromatic carbocycles. The molecule has 1 aliphatic carbocycles. The summed E-state index contributed by atoms with van der Waals surface area (Å²) in [5, 5.41) is 2.85. The number of nitrogens with one attached hydrogen (secondary N) is 1. The van der Waals surface area contributed by atoms with E-state index in [1.165, 1.54) is 24.2 Å². The molecule has 6 heteroatoms. The van der Waals surface area contributed by atoms with E-state index in [-0.39, 0.29) is 29.6 Å². The molecular weight excluding hydrogens is 354 g/mol. The van der Waals surface area contributed by atoms with Crippen molar-refractivity contribution in [1.82, 2.24) is 4.90 Å². The summed E-state index contributed by atoms with van der Waals surface area (Å²) in [5.41, 5.74) is 1.84. The lowest BCUT2D eigenvalue weighted by molar-refractivity contribution is -0.146. The predicted octanol–water partition coefficient (Wildman–Crippen LogP) is 2.96. The number of imide groups is 1. The lowest BCUT2D eigenvalue weighted by Crippen LogP contribution is -2.46. The van der Waals surface area contributed by atoms with Gasteiger partial charge in [0.15, 0.2) is 0 Å². The number of amides is 3. The van der Waals surface area contributed by atoms with Crippen molar-refractivity contribution in [2.75, 3.05) is 23.3 Å². The average molecular weight is 381 g/mol. The molecule has 6 nitrogen and oxygen atoms in total. The summed E-state index contributed by atoms with van der Waals surface area (Å²) < 4.78 is 0. The highest BCUT2D eigenvalue weighted by molar-refractivity contribution is 6.10. The number of likely N-dealkylation sites (tertiary alicyclic amines) is 1. The summed E-state index contributed by atoms with van der Waals surface area (Å²) in [5.74, 6) is -1.39. The van der Waals surface area contributed by atoms with Crippen molar-refractivity contribution < 1.29 is 14.4 Å². The van der Waals surface area contributed by atoms with E-state index in [4.69, 9.17) is 0 Å². The Labute approximate surface area is 165 Å². The first-order valence-corrected chi connectivity index (χ1v) is 10.2. The number of carbonyl (C=O) groups is 3. The Morgan fingerprint density at radius 2 is 1.54 bits per heavy atom. The zero-order chi connectivity index (χ0) is 19.7. The molecule has 0 bridgehead atoms. The summed E-state index contributed by atoms with van der Waals surface area (Å²) in [6, 6.07) is 6.97. The fourth-order valence-corrected chi connectivity index (χ4v) is 4.48. The highest BCUT2D eigenvalue weighted by Crippen LogP contribution is 2.36. The highest BCUT2D eigenvalue weighted by Gasteiger charge is 2.50. The van der Waals surface area contributed by atoms with E-state index >= 15 is 0 Å². The van der Waals surface area contributed by atoms with E-state index < -0.39 is 6.04 Å². The second-order valence-corrected chi connectivity index (χ2v) is 7.96. The Morgan fingerprint density at radius 3 is 2.11 bits per heavy atom. The van der Waals surface area contributed by atoms with Crippen LogP contribution in [0.25, 0.3) is 0 Å². The predicted molar refractivity (Wildman–Crippen MR) is 108 cm³/mol. The zero-order valence-electron chi connectivity index (χ0n) is 16.3. The normalized spacial score (nSPS) is 25.6. The topological polar surface area (TPSA) is 69.7 Å². The van der Waals surface area contributed by atoms with Crippen LogP contribution < -0.4 is 10.2 Å². The van der Waals surface area contributed by atoms with E-state index in [2.05, 4.69) is 10.2 Å². The first kappa shape index (κ1) is 18.7. The van der Waals surface area contributed by atoms with E-state index in [9.17, 15) is 14.4 Å². The van der Waals surface area contributed by atoms with Gasteiger partial charge in [-0.25, -0.2) is 0 Å². The molecule has 148 valence electrons. The summed E-state index contributed by atoms with van der Waals surface area (Å²) in [6.07, 6.45) is 8.77. The second-order valence-electron chi connectivity index (χ2n) is 7.96. The largest absolute Gasteiger partial charge is 0.372 e. The molecule has 2 fully saturated rings. The van der Waals surface area contributed by atoms with Gasteiger partial charge in [0.25, 0.3) is 0 Å². The molecule has 3 amide bonds. The van der Waals surface area contributed by atoms with E-state index in [0.29, 0.717) is 18.5 Å². The Hall–Kier alpha value is -2.63. The lowest BCUT2D eigenvalue weighted by atomic mass is 9.85. The zero-order valence-corrected chi connectivity index (χ0v) is 16.3. The first-order valence-electron chi connectivity index (χ1n) is 10.2. The van der Waals surface area contributed by atoms with E-state index in [1.54, 1.807) is 6.92 Å². The second kappa shape index (κ2) is 7.78. The molecule has 1 aromatic rings. The number of hydrogen-bond donors (Lipinski definition) is 1. The maximum Gasteiger partial charge on any atom is 0.247 e. The Bertz CT molecular complexity index is 770. The number of benzene rings is 1. The molecule has 4 rings (SSSR count). The molecule has 3 unspecified atom stereocenters. The Morgan fingerprint density at radius 1 is 0.964 bits per heavy atom. The number of carbonyl (C=O) groups excluding carboxylic acids is 3. The molecule has 0 radical (unpaired) electrons. The fourth-order valence-electron chi connectivity index (χ4n) is 4.48. The van der Waals surface area contributed by atoms with Crippen LogP contribution in [-0.4, -0.2) is 41.8 Å². The number of fused-ring (bicyclic) bond motifs is 1.